The molecule has 0 aliphatic carbocycles. The largest absolute Gasteiger partial charge is 0.462 e. The van der Waals surface area contributed by atoms with Gasteiger partial charge >= 0.3 is 47.9 Å². The molecule has 1 atom stereocenters. The Morgan fingerprint density at radius 1 is 0.676 bits per heavy atom. The van der Waals surface area contributed by atoms with Crippen LogP contribution < -0.4 is 0 Å². The fourth-order valence-corrected chi connectivity index (χ4v) is 2.70. The molecular weight excluding hydrogens is 568 g/mol. The van der Waals surface area contributed by atoms with Gasteiger partial charge in [-0.25, -0.2) is 4.79 Å². The van der Waals surface area contributed by atoms with Crippen LogP contribution in [0.25, 0.3) is 0 Å². The van der Waals surface area contributed by atoms with E-state index in [1.54, 1.807) is 0 Å². The summed E-state index contributed by atoms with van der Waals surface area (Å²) in [5, 5.41) is 9.79. The van der Waals surface area contributed by atoms with Crippen LogP contribution in [0.15, 0.2) is 24.3 Å². The summed E-state index contributed by atoms with van der Waals surface area (Å²) < 4.78 is 217. The Hall–Kier alpha value is -2.47. The topological polar surface area (TPSA) is 46.5 Å². The Bertz CT molecular complexity index is 965. The van der Waals surface area contributed by atoms with Crippen molar-refractivity contribution in [2.24, 2.45) is 0 Å². The predicted molar refractivity (Wildman–Crippen MR) is 87.8 cm³/mol. The molecule has 0 spiro atoms. The number of esters is 1. The van der Waals surface area contributed by atoms with Crippen LogP contribution in [0.4, 0.5) is 70.2 Å². The van der Waals surface area contributed by atoms with Crippen molar-refractivity contribution in [3.05, 3.63) is 35.4 Å². The third-order valence-corrected chi connectivity index (χ3v) is 4.82. The van der Waals surface area contributed by atoms with Crippen molar-refractivity contribution >= 4 is 5.97 Å². The number of carbonyl (C=O) groups excluding carboxylic acids is 1. The van der Waals surface area contributed by atoms with E-state index < -0.39 is 71.1 Å². The molecule has 1 aromatic carbocycles. The molecule has 0 fully saturated rings. The third-order valence-electron chi connectivity index (χ3n) is 4.82. The van der Waals surface area contributed by atoms with Gasteiger partial charge in [-0.05, 0) is 24.6 Å². The Kier molecular flexibility index (Phi) is 8.25. The number of ether oxygens (including phenoxy) is 1. The van der Waals surface area contributed by atoms with Gasteiger partial charge in [-0.2, -0.15) is 70.2 Å². The second-order valence-corrected chi connectivity index (χ2v) is 7.33. The average molecular weight is 580 g/mol. The van der Waals surface area contributed by atoms with Crippen LogP contribution in [-0.2, 0) is 10.3 Å². The lowest BCUT2D eigenvalue weighted by Crippen LogP contribution is -2.70. The third kappa shape index (κ3) is 5.14. The highest BCUT2D eigenvalue weighted by Crippen LogP contribution is 2.62. The molecule has 0 radical (unpaired) electrons. The molecule has 0 aromatic heterocycles. The first-order valence-electron chi connectivity index (χ1n) is 9.18. The molecule has 37 heavy (non-hydrogen) atoms. The van der Waals surface area contributed by atoms with E-state index in [0.717, 1.165) is 0 Å². The highest BCUT2D eigenvalue weighted by Gasteiger charge is 2.91. The van der Waals surface area contributed by atoms with Crippen molar-refractivity contribution in [3.8, 4) is 0 Å². The summed E-state index contributed by atoms with van der Waals surface area (Å²) in [7, 11) is 0. The molecule has 214 valence electrons. The smallest absolute Gasteiger partial charge is 0.460 e. The Morgan fingerprint density at radius 2 is 1.08 bits per heavy atom. The molecule has 0 bridgehead atoms. The van der Waals surface area contributed by atoms with E-state index >= 15 is 0 Å². The summed E-state index contributed by atoms with van der Waals surface area (Å²) >= 11 is 0. The van der Waals surface area contributed by atoms with Crippen molar-refractivity contribution in [2.75, 3.05) is 6.61 Å². The van der Waals surface area contributed by atoms with Gasteiger partial charge in [-0.15, -0.1) is 0 Å². The second kappa shape index (κ2) is 9.37. The first-order chi connectivity index (χ1) is 16.2. The normalized spacial score (nSPS) is 16.4. The first-order valence-corrected chi connectivity index (χ1v) is 9.18. The number of hydrogen-bond acceptors (Lipinski definition) is 3. The molecule has 1 aromatic rings. The van der Waals surface area contributed by atoms with Gasteiger partial charge in [-0.3, -0.25) is 0 Å². The van der Waals surface area contributed by atoms with Gasteiger partial charge in [0.05, 0.1) is 18.6 Å². The lowest BCUT2D eigenvalue weighted by Gasteiger charge is -2.42. The second-order valence-electron chi connectivity index (χ2n) is 7.33. The zero-order valence-corrected chi connectivity index (χ0v) is 17.5. The van der Waals surface area contributed by atoms with E-state index in [2.05, 4.69) is 4.74 Å². The van der Waals surface area contributed by atoms with E-state index in [4.69, 9.17) is 0 Å². The monoisotopic (exact) mass is 580 g/mol. The van der Waals surface area contributed by atoms with Crippen LogP contribution in [0.2, 0.25) is 0 Å². The zero-order chi connectivity index (χ0) is 29.7. The average Bonchev–Trinajstić information content (AvgIpc) is 2.71. The Morgan fingerprint density at radius 3 is 1.43 bits per heavy atom. The van der Waals surface area contributed by atoms with E-state index in [9.17, 15) is 80.1 Å². The SMILES string of the molecule is CCOC(=O)c1ccc(C(O)(CC(F)(F)C(F)(F)C(F)(F)C(F)(F)C(F)(F)C(F)(F)F)C(F)(F)F)cc1. The fourth-order valence-electron chi connectivity index (χ4n) is 2.70. The predicted octanol–water partition coefficient (Wildman–Crippen LogP) is 6.74. The number of halogens is 16. The standard InChI is InChI=1S/C18H12F16O3/c1-2-37-10(35)8-3-5-9(6-4-8)11(36,17(29,30)31)7-12(19,20)13(21,22)14(23,24)15(25,26)16(27,28)18(32,33)34/h3-6,36H,2,7H2,1H3. The molecule has 3 nitrogen and oxygen atoms in total. The molecule has 0 amide bonds. The quantitative estimate of drug-likeness (QED) is 0.260. The van der Waals surface area contributed by atoms with Gasteiger partial charge in [0.1, 0.15) is 0 Å². The molecule has 0 aliphatic rings. The van der Waals surface area contributed by atoms with Crippen molar-refractivity contribution < 1.29 is 84.9 Å². The van der Waals surface area contributed by atoms with E-state index in [0.29, 0.717) is 12.1 Å². The van der Waals surface area contributed by atoms with Gasteiger partial charge < -0.3 is 9.84 Å². The zero-order valence-electron chi connectivity index (χ0n) is 17.5. The van der Waals surface area contributed by atoms with Crippen LogP contribution in [0, 0.1) is 0 Å². The molecule has 0 saturated carbocycles. The summed E-state index contributed by atoms with van der Waals surface area (Å²) in [5.74, 6) is -41.2. The minimum absolute atomic E-state index is 0.00147. The maximum atomic E-state index is 14.1. The number of carbonyl (C=O) groups is 1. The summed E-state index contributed by atoms with van der Waals surface area (Å²) in [6.07, 6.45) is -18.1. The molecule has 19 heteroatoms. The van der Waals surface area contributed by atoms with Gasteiger partial charge in [0.2, 0.25) is 0 Å². The highest BCUT2D eigenvalue weighted by atomic mass is 19.4. The summed E-state index contributed by atoms with van der Waals surface area (Å²) in [5.41, 5.74) is -7.78. The number of aliphatic hydroxyl groups is 1. The number of benzene rings is 1. The minimum atomic E-state index is -8.33. The van der Waals surface area contributed by atoms with Gasteiger partial charge in [0, 0.05) is 0 Å². The summed E-state index contributed by atoms with van der Waals surface area (Å²) in [6, 6.07) is 0.705. The van der Waals surface area contributed by atoms with Crippen LogP contribution in [-0.4, -0.2) is 59.6 Å². The Labute approximate surface area is 195 Å². The van der Waals surface area contributed by atoms with Crippen LogP contribution in [0.1, 0.15) is 29.3 Å². The molecule has 0 saturated heterocycles. The van der Waals surface area contributed by atoms with Crippen LogP contribution in [0.5, 0.6) is 0 Å². The van der Waals surface area contributed by atoms with Crippen LogP contribution >= 0.6 is 0 Å². The number of rotatable bonds is 9. The lowest BCUT2D eigenvalue weighted by molar-refractivity contribution is -0.443. The molecule has 0 heterocycles. The first kappa shape index (κ1) is 32.6. The van der Waals surface area contributed by atoms with Crippen molar-refractivity contribution in [1.82, 2.24) is 0 Å². The van der Waals surface area contributed by atoms with E-state index in [1.807, 2.05) is 0 Å². The van der Waals surface area contributed by atoms with Gasteiger partial charge in [0.15, 0.2) is 5.60 Å². The Balaban J connectivity index is 3.64. The summed E-state index contributed by atoms with van der Waals surface area (Å²) in [6.45, 7) is 1.00. The van der Waals surface area contributed by atoms with E-state index in [-0.39, 0.29) is 18.7 Å². The van der Waals surface area contributed by atoms with Gasteiger partial charge in [-0.1, -0.05) is 12.1 Å². The van der Waals surface area contributed by atoms with Crippen molar-refractivity contribution in [2.45, 2.75) is 60.9 Å². The van der Waals surface area contributed by atoms with Crippen molar-refractivity contribution in [3.63, 3.8) is 0 Å². The van der Waals surface area contributed by atoms with E-state index in [1.165, 1.54) is 6.92 Å². The maximum Gasteiger partial charge on any atom is 0.460 e. The van der Waals surface area contributed by atoms with Crippen molar-refractivity contribution in [1.29, 1.82) is 0 Å². The highest BCUT2D eigenvalue weighted by molar-refractivity contribution is 5.89. The maximum absolute atomic E-state index is 14.1. The molecule has 1 N–H and O–H groups in total. The molecule has 1 rings (SSSR count). The molecule has 0 aliphatic heterocycles. The summed E-state index contributed by atoms with van der Waals surface area (Å²) in [4.78, 5) is 11.5. The number of alkyl halides is 16. The van der Waals surface area contributed by atoms with Crippen LogP contribution in [0.3, 0.4) is 0 Å². The number of hydrogen-bond donors (Lipinski definition) is 1. The lowest BCUT2D eigenvalue weighted by atomic mass is 9.82. The minimum Gasteiger partial charge on any atom is -0.462 e. The molecular formula is C18H12F16O3. The van der Waals surface area contributed by atoms with Gasteiger partial charge in [0.25, 0.3) is 0 Å². The molecule has 1 unspecified atom stereocenters. The fraction of sp³-hybridized carbons (Fsp3) is 0.611.